The van der Waals surface area contributed by atoms with Gasteiger partial charge in [0.25, 0.3) is 5.91 Å². The highest BCUT2D eigenvalue weighted by Gasteiger charge is 2.12. The Balaban J connectivity index is 1.56. The average molecular weight is 328 g/mol. The van der Waals surface area contributed by atoms with Gasteiger partial charge in [0.15, 0.2) is 11.7 Å². The molecule has 116 valence electrons. The fourth-order valence-corrected chi connectivity index (χ4v) is 2.77. The zero-order chi connectivity index (χ0) is 16.2. The largest absolute Gasteiger partial charge is 0.508 e. The van der Waals surface area contributed by atoms with Crippen molar-refractivity contribution in [3.8, 4) is 5.75 Å². The number of phenolic OH excluding ortho intramolecular Hbond substituents is 1. The van der Waals surface area contributed by atoms with Gasteiger partial charge in [-0.25, -0.2) is 9.78 Å². The minimum absolute atomic E-state index is 0.0510. The fourth-order valence-electron chi connectivity index (χ4n) is 1.89. The zero-order valence-electron chi connectivity index (χ0n) is 11.9. The molecule has 3 rings (SSSR count). The van der Waals surface area contributed by atoms with E-state index in [0.717, 1.165) is 10.2 Å². The number of anilines is 1. The number of para-hydroxylation sites is 1. The number of thiazole rings is 1. The van der Waals surface area contributed by atoms with Crippen LogP contribution in [0.3, 0.4) is 0 Å². The molecule has 0 spiro atoms. The van der Waals surface area contributed by atoms with E-state index < -0.39 is 18.5 Å². The lowest BCUT2D eigenvalue weighted by Crippen LogP contribution is -2.20. The summed E-state index contributed by atoms with van der Waals surface area (Å²) in [7, 11) is 0. The number of aromatic nitrogens is 1. The van der Waals surface area contributed by atoms with Gasteiger partial charge in [-0.2, -0.15) is 0 Å². The molecule has 0 saturated carbocycles. The molecule has 2 N–H and O–H groups in total. The number of rotatable bonds is 4. The Kier molecular flexibility index (Phi) is 4.20. The maximum absolute atomic E-state index is 11.8. The van der Waals surface area contributed by atoms with Crippen molar-refractivity contribution >= 4 is 38.6 Å². The summed E-state index contributed by atoms with van der Waals surface area (Å²) in [6.45, 7) is -0.407. The SMILES string of the molecule is O=C(COC(=O)c1ccc(O)cc1)Nc1nc2ccccc2s1. The number of hydrogen-bond donors (Lipinski definition) is 2. The number of aromatic hydroxyl groups is 1. The number of ether oxygens (including phenoxy) is 1. The number of amides is 1. The molecule has 6 nitrogen and oxygen atoms in total. The Morgan fingerprint density at radius 3 is 2.61 bits per heavy atom. The first-order valence-corrected chi connectivity index (χ1v) is 7.55. The van der Waals surface area contributed by atoms with Crippen molar-refractivity contribution < 1.29 is 19.4 Å². The Morgan fingerprint density at radius 2 is 1.87 bits per heavy atom. The van der Waals surface area contributed by atoms with Crippen LogP contribution in [0.4, 0.5) is 5.13 Å². The summed E-state index contributed by atoms with van der Waals surface area (Å²) < 4.78 is 5.88. The van der Waals surface area contributed by atoms with Crippen molar-refractivity contribution in [1.82, 2.24) is 4.98 Å². The van der Waals surface area contributed by atoms with Crippen LogP contribution in [-0.2, 0) is 9.53 Å². The summed E-state index contributed by atoms with van der Waals surface area (Å²) >= 11 is 1.35. The molecule has 0 bridgehead atoms. The molecule has 3 aromatic rings. The second-order valence-corrected chi connectivity index (χ2v) is 5.69. The third kappa shape index (κ3) is 3.64. The first-order chi connectivity index (χ1) is 11.1. The Morgan fingerprint density at radius 1 is 1.13 bits per heavy atom. The van der Waals surface area contributed by atoms with E-state index in [2.05, 4.69) is 10.3 Å². The molecule has 1 heterocycles. The highest BCUT2D eigenvalue weighted by atomic mass is 32.1. The Hall–Kier alpha value is -2.93. The number of carbonyl (C=O) groups excluding carboxylic acids is 2. The standard InChI is InChI=1S/C16H12N2O4S/c19-11-7-5-10(6-8-11)15(21)22-9-14(20)18-16-17-12-3-1-2-4-13(12)23-16/h1-8,19H,9H2,(H,17,18,20). The van der Waals surface area contributed by atoms with Gasteiger partial charge in [0.1, 0.15) is 5.75 Å². The summed E-state index contributed by atoms with van der Waals surface area (Å²) in [5.74, 6) is -1.05. The van der Waals surface area contributed by atoms with Gasteiger partial charge in [-0.3, -0.25) is 10.1 Å². The van der Waals surface area contributed by atoms with E-state index in [1.54, 1.807) is 0 Å². The van der Waals surface area contributed by atoms with Crippen LogP contribution < -0.4 is 5.32 Å². The smallest absolute Gasteiger partial charge is 0.338 e. The maximum Gasteiger partial charge on any atom is 0.338 e. The van der Waals surface area contributed by atoms with Gasteiger partial charge in [-0.1, -0.05) is 23.5 Å². The number of esters is 1. The molecule has 0 radical (unpaired) electrons. The molecule has 0 aliphatic rings. The lowest BCUT2D eigenvalue weighted by Gasteiger charge is -2.04. The van der Waals surface area contributed by atoms with E-state index in [1.807, 2.05) is 24.3 Å². The molecule has 1 aromatic heterocycles. The summed E-state index contributed by atoms with van der Waals surface area (Å²) in [4.78, 5) is 27.8. The van der Waals surface area contributed by atoms with Crippen molar-refractivity contribution in [3.05, 3.63) is 54.1 Å². The molecule has 0 saturated heterocycles. The highest BCUT2D eigenvalue weighted by Crippen LogP contribution is 2.25. The van der Waals surface area contributed by atoms with Gasteiger partial charge in [0, 0.05) is 0 Å². The summed E-state index contributed by atoms with van der Waals surface area (Å²) in [6.07, 6.45) is 0. The van der Waals surface area contributed by atoms with E-state index in [9.17, 15) is 9.59 Å². The molecule has 23 heavy (non-hydrogen) atoms. The van der Waals surface area contributed by atoms with Crippen LogP contribution >= 0.6 is 11.3 Å². The predicted molar refractivity (Wildman–Crippen MR) is 86.6 cm³/mol. The number of fused-ring (bicyclic) bond motifs is 1. The number of nitrogens with one attached hydrogen (secondary N) is 1. The topological polar surface area (TPSA) is 88.5 Å². The van der Waals surface area contributed by atoms with Crippen LogP contribution in [0.25, 0.3) is 10.2 Å². The number of benzene rings is 2. The molecule has 0 fully saturated rings. The van der Waals surface area contributed by atoms with Crippen LogP contribution in [0, 0.1) is 0 Å². The van der Waals surface area contributed by atoms with Crippen molar-refractivity contribution in [2.24, 2.45) is 0 Å². The summed E-state index contributed by atoms with van der Waals surface area (Å²) in [5.41, 5.74) is 1.06. The molecule has 7 heteroatoms. The lowest BCUT2D eigenvalue weighted by molar-refractivity contribution is -0.119. The summed E-state index contributed by atoms with van der Waals surface area (Å²) in [6, 6.07) is 13.1. The van der Waals surface area contributed by atoms with E-state index in [0.29, 0.717) is 5.13 Å². The zero-order valence-corrected chi connectivity index (χ0v) is 12.7. The van der Waals surface area contributed by atoms with Crippen molar-refractivity contribution in [2.45, 2.75) is 0 Å². The summed E-state index contributed by atoms with van der Waals surface area (Å²) in [5, 5.41) is 12.2. The van der Waals surface area contributed by atoms with Gasteiger partial charge >= 0.3 is 5.97 Å². The minimum Gasteiger partial charge on any atom is -0.508 e. The minimum atomic E-state index is -0.635. The van der Waals surface area contributed by atoms with E-state index >= 15 is 0 Å². The second kappa shape index (κ2) is 6.45. The fraction of sp³-hybridized carbons (Fsp3) is 0.0625. The monoisotopic (exact) mass is 328 g/mol. The molecular weight excluding hydrogens is 316 g/mol. The highest BCUT2D eigenvalue weighted by molar-refractivity contribution is 7.22. The van der Waals surface area contributed by atoms with Crippen molar-refractivity contribution in [2.75, 3.05) is 11.9 Å². The van der Waals surface area contributed by atoms with E-state index in [-0.39, 0.29) is 11.3 Å². The third-order valence-electron chi connectivity index (χ3n) is 2.98. The number of phenols is 1. The van der Waals surface area contributed by atoms with Crippen molar-refractivity contribution in [3.63, 3.8) is 0 Å². The quantitative estimate of drug-likeness (QED) is 0.719. The van der Waals surface area contributed by atoms with Gasteiger partial charge < -0.3 is 9.84 Å². The molecule has 0 atom stereocenters. The van der Waals surface area contributed by atoms with Crippen LogP contribution in [0.2, 0.25) is 0 Å². The van der Waals surface area contributed by atoms with Crippen LogP contribution in [-0.4, -0.2) is 28.6 Å². The van der Waals surface area contributed by atoms with E-state index in [1.165, 1.54) is 35.6 Å². The Labute approximate surface area is 135 Å². The maximum atomic E-state index is 11.8. The Bertz CT molecular complexity index is 825. The van der Waals surface area contributed by atoms with Crippen LogP contribution in [0.5, 0.6) is 5.75 Å². The molecule has 1 amide bonds. The second-order valence-electron chi connectivity index (χ2n) is 4.66. The van der Waals surface area contributed by atoms with Gasteiger partial charge in [0.05, 0.1) is 15.8 Å². The predicted octanol–water partition coefficient (Wildman–Crippen LogP) is 2.80. The molecule has 0 unspecified atom stereocenters. The van der Waals surface area contributed by atoms with Gasteiger partial charge in [-0.15, -0.1) is 0 Å². The van der Waals surface area contributed by atoms with Crippen LogP contribution in [0.15, 0.2) is 48.5 Å². The van der Waals surface area contributed by atoms with Gasteiger partial charge in [0.2, 0.25) is 0 Å². The van der Waals surface area contributed by atoms with Crippen molar-refractivity contribution in [1.29, 1.82) is 0 Å². The third-order valence-corrected chi connectivity index (χ3v) is 3.93. The first kappa shape index (κ1) is 15.0. The normalized spacial score (nSPS) is 10.4. The van der Waals surface area contributed by atoms with Crippen LogP contribution in [0.1, 0.15) is 10.4 Å². The molecule has 2 aromatic carbocycles. The lowest BCUT2D eigenvalue weighted by atomic mass is 10.2. The molecular formula is C16H12N2O4S. The first-order valence-electron chi connectivity index (χ1n) is 6.73. The molecule has 0 aliphatic heterocycles. The number of nitrogens with zero attached hydrogens (tertiary/aromatic N) is 1. The van der Waals surface area contributed by atoms with E-state index in [4.69, 9.17) is 9.84 Å². The van der Waals surface area contributed by atoms with Gasteiger partial charge in [-0.05, 0) is 36.4 Å². The average Bonchev–Trinajstić information content (AvgIpc) is 2.95. The number of carbonyl (C=O) groups is 2. The molecule has 0 aliphatic carbocycles. The number of hydrogen-bond acceptors (Lipinski definition) is 6.